The Kier molecular flexibility index (Phi) is 5.18. The lowest BCUT2D eigenvalue weighted by Crippen LogP contribution is -2.43. The highest BCUT2D eigenvalue weighted by Gasteiger charge is 2.31. The minimum Gasteiger partial charge on any atom is -0.493 e. The fourth-order valence-electron chi connectivity index (χ4n) is 2.98. The Labute approximate surface area is 146 Å². The smallest absolute Gasteiger partial charge is 0.261 e. The summed E-state index contributed by atoms with van der Waals surface area (Å²) >= 11 is 0. The molecule has 0 bridgehead atoms. The number of amides is 1. The van der Waals surface area contributed by atoms with Crippen molar-refractivity contribution in [2.75, 3.05) is 27.4 Å². The van der Waals surface area contributed by atoms with Crippen LogP contribution in [-0.2, 0) is 22.7 Å². The van der Waals surface area contributed by atoms with Crippen LogP contribution < -0.4 is 9.47 Å². The number of rotatable bonds is 6. The van der Waals surface area contributed by atoms with Crippen LogP contribution in [0.3, 0.4) is 0 Å². The van der Waals surface area contributed by atoms with E-state index < -0.39 is 0 Å². The Balaban J connectivity index is 1.67. The van der Waals surface area contributed by atoms with E-state index in [-0.39, 0.29) is 18.6 Å². The molecule has 1 unspecified atom stereocenters. The molecule has 0 saturated heterocycles. The number of carbonyl (C=O) groups is 1. The van der Waals surface area contributed by atoms with Crippen molar-refractivity contribution >= 4 is 5.91 Å². The first-order chi connectivity index (χ1) is 12.2. The Morgan fingerprint density at radius 2 is 1.96 bits per heavy atom. The number of benzene rings is 1. The molecular weight excluding hydrogens is 324 g/mol. The third-order valence-electron chi connectivity index (χ3n) is 4.28. The Morgan fingerprint density at radius 1 is 1.20 bits per heavy atom. The second kappa shape index (κ2) is 7.52. The molecule has 0 aliphatic carbocycles. The molecule has 0 saturated carbocycles. The lowest BCUT2D eigenvalue weighted by atomic mass is 10.2. The van der Waals surface area contributed by atoms with Gasteiger partial charge in [-0.05, 0) is 19.1 Å². The van der Waals surface area contributed by atoms with Crippen molar-refractivity contribution in [3.8, 4) is 11.5 Å². The average molecular weight is 346 g/mol. The number of nitrogens with zero attached hydrogens (tertiary/aromatic N) is 4. The molecule has 1 aromatic heterocycles. The van der Waals surface area contributed by atoms with Crippen LogP contribution >= 0.6 is 0 Å². The molecule has 1 amide bonds. The summed E-state index contributed by atoms with van der Waals surface area (Å²) in [5, 5.41) is 8.36. The summed E-state index contributed by atoms with van der Waals surface area (Å²) in [6.45, 7) is 3.52. The monoisotopic (exact) mass is 346 g/mol. The summed E-state index contributed by atoms with van der Waals surface area (Å²) in [6.07, 6.45) is 0. The maximum Gasteiger partial charge on any atom is 0.261 e. The summed E-state index contributed by atoms with van der Waals surface area (Å²) in [5.74, 6) is 2.60. The fourth-order valence-corrected chi connectivity index (χ4v) is 2.98. The van der Waals surface area contributed by atoms with Crippen molar-refractivity contribution in [3.63, 3.8) is 0 Å². The molecule has 134 valence electrons. The molecule has 1 aliphatic rings. The van der Waals surface area contributed by atoms with E-state index in [9.17, 15) is 4.79 Å². The van der Waals surface area contributed by atoms with Gasteiger partial charge in [0.2, 0.25) is 0 Å². The largest absolute Gasteiger partial charge is 0.493 e. The van der Waals surface area contributed by atoms with Gasteiger partial charge in [-0.15, -0.1) is 10.2 Å². The Hall–Kier alpha value is -2.61. The van der Waals surface area contributed by atoms with Crippen molar-refractivity contribution in [3.05, 3.63) is 35.9 Å². The Bertz CT molecular complexity index is 746. The first-order valence-corrected chi connectivity index (χ1v) is 8.12. The van der Waals surface area contributed by atoms with Gasteiger partial charge in [-0.25, -0.2) is 0 Å². The van der Waals surface area contributed by atoms with Crippen LogP contribution in [-0.4, -0.2) is 52.9 Å². The van der Waals surface area contributed by atoms with E-state index in [4.69, 9.17) is 14.2 Å². The summed E-state index contributed by atoms with van der Waals surface area (Å²) in [4.78, 5) is 14.4. The summed E-state index contributed by atoms with van der Waals surface area (Å²) in [7, 11) is 3.19. The zero-order valence-electron chi connectivity index (χ0n) is 14.6. The zero-order chi connectivity index (χ0) is 17.8. The third kappa shape index (κ3) is 3.43. The summed E-state index contributed by atoms with van der Waals surface area (Å²) < 4.78 is 18.0. The van der Waals surface area contributed by atoms with Gasteiger partial charge in [-0.1, -0.05) is 12.1 Å². The molecule has 3 rings (SSSR count). The highest BCUT2D eigenvalue weighted by Crippen LogP contribution is 2.27. The van der Waals surface area contributed by atoms with Crippen molar-refractivity contribution in [2.45, 2.75) is 26.1 Å². The van der Waals surface area contributed by atoms with Crippen LogP contribution in [0.1, 0.15) is 24.6 Å². The van der Waals surface area contributed by atoms with Crippen molar-refractivity contribution in [1.82, 2.24) is 19.7 Å². The van der Waals surface area contributed by atoms with Crippen LogP contribution in [0.25, 0.3) is 0 Å². The van der Waals surface area contributed by atoms with Gasteiger partial charge in [0.1, 0.15) is 6.61 Å². The highest BCUT2D eigenvalue weighted by molar-refractivity contribution is 5.78. The van der Waals surface area contributed by atoms with E-state index in [1.165, 1.54) is 0 Å². The molecule has 25 heavy (non-hydrogen) atoms. The van der Waals surface area contributed by atoms with Gasteiger partial charge < -0.3 is 23.7 Å². The number of carbonyl (C=O) groups excluding carboxylic acids is 1. The minimum absolute atomic E-state index is 0.0518. The highest BCUT2D eigenvalue weighted by atomic mass is 16.5. The predicted octanol–water partition coefficient (Wildman–Crippen LogP) is 1.42. The lowest BCUT2D eigenvalue weighted by Gasteiger charge is -2.33. The van der Waals surface area contributed by atoms with Gasteiger partial charge >= 0.3 is 0 Å². The minimum atomic E-state index is -0.166. The lowest BCUT2D eigenvalue weighted by molar-refractivity contribution is -0.136. The van der Waals surface area contributed by atoms with Crippen LogP contribution in [0.2, 0.25) is 0 Å². The van der Waals surface area contributed by atoms with E-state index in [2.05, 4.69) is 10.2 Å². The van der Waals surface area contributed by atoms with Gasteiger partial charge in [0, 0.05) is 20.2 Å². The fraction of sp³-hybridized carbons (Fsp3) is 0.471. The van der Waals surface area contributed by atoms with Gasteiger partial charge in [-0.3, -0.25) is 4.79 Å². The molecule has 2 aromatic rings. The van der Waals surface area contributed by atoms with Gasteiger partial charge in [0.15, 0.2) is 29.8 Å². The van der Waals surface area contributed by atoms with E-state index >= 15 is 0 Å². The first kappa shape index (κ1) is 17.2. The number of aromatic nitrogens is 3. The van der Waals surface area contributed by atoms with Crippen molar-refractivity contribution < 1.29 is 19.0 Å². The van der Waals surface area contributed by atoms with E-state index in [1.807, 2.05) is 23.6 Å². The van der Waals surface area contributed by atoms with Crippen LogP contribution in [0.4, 0.5) is 0 Å². The Morgan fingerprint density at radius 3 is 2.68 bits per heavy atom. The SMILES string of the molecule is COCc1nnc2n1CCN(C(=O)COc1ccccc1OC)C2C. The van der Waals surface area contributed by atoms with E-state index in [0.29, 0.717) is 31.2 Å². The number of ether oxygens (including phenoxy) is 3. The van der Waals surface area contributed by atoms with E-state index in [1.54, 1.807) is 31.3 Å². The topological polar surface area (TPSA) is 78.7 Å². The molecule has 8 heteroatoms. The predicted molar refractivity (Wildman–Crippen MR) is 89.4 cm³/mol. The average Bonchev–Trinajstić information content (AvgIpc) is 3.04. The molecule has 1 aliphatic heterocycles. The molecule has 8 nitrogen and oxygen atoms in total. The number of para-hydroxylation sites is 2. The molecule has 2 heterocycles. The standard InChI is InChI=1S/C17H22N4O4/c1-12-17-19-18-15(10-23-2)21(17)9-8-20(12)16(22)11-25-14-7-5-4-6-13(14)24-3/h4-7,12H,8-11H2,1-3H3. The molecule has 0 fully saturated rings. The number of methoxy groups -OCH3 is 2. The third-order valence-corrected chi connectivity index (χ3v) is 4.28. The van der Waals surface area contributed by atoms with Gasteiger partial charge in [-0.2, -0.15) is 0 Å². The van der Waals surface area contributed by atoms with Crippen molar-refractivity contribution in [2.24, 2.45) is 0 Å². The second-order valence-corrected chi connectivity index (χ2v) is 5.76. The second-order valence-electron chi connectivity index (χ2n) is 5.76. The van der Waals surface area contributed by atoms with Crippen LogP contribution in [0.15, 0.2) is 24.3 Å². The molecule has 1 aromatic carbocycles. The molecular formula is C17H22N4O4. The first-order valence-electron chi connectivity index (χ1n) is 8.12. The van der Waals surface area contributed by atoms with Crippen molar-refractivity contribution in [1.29, 1.82) is 0 Å². The maximum atomic E-state index is 12.6. The molecule has 0 N–H and O–H groups in total. The normalized spacial score (nSPS) is 16.4. The molecule has 0 spiro atoms. The van der Waals surface area contributed by atoms with Gasteiger partial charge in [0.05, 0.1) is 13.2 Å². The van der Waals surface area contributed by atoms with Gasteiger partial charge in [0.25, 0.3) is 5.91 Å². The molecule has 0 radical (unpaired) electrons. The quantitative estimate of drug-likeness (QED) is 0.787. The zero-order valence-corrected chi connectivity index (χ0v) is 14.6. The van der Waals surface area contributed by atoms with Crippen LogP contribution in [0, 0.1) is 0 Å². The number of fused-ring (bicyclic) bond motifs is 1. The maximum absolute atomic E-state index is 12.6. The summed E-state index contributed by atoms with van der Waals surface area (Å²) in [6, 6.07) is 7.10. The number of hydrogen-bond acceptors (Lipinski definition) is 6. The molecule has 1 atom stereocenters. The number of hydrogen-bond donors (Lipinski definition) is 0. The van der Waals surface area contributed by atoms with Crippen LogP contribution in [0.5, 0.6) is 11.5 Å². The summed E-state index contributed by atoms with van der Waals surface area (Å²) in [5.41, 5.74) is 0. The van der Waals surface area contributed by atoms with E-state index in [0.717, 1.165) is 11.6 Å².